The van der Waals surface area contributed by atoms with Gasteiger partial charge in [0.2, 0.25) is 10.0 Å². The number of likely N-dealkylation sites (tertiary alicyclic amines) is 1. The molecule has 256 valence electrons. The van der Waals surface area contributed by atoms with Crippen molar-refractivity contribution in [3.8, 4) is 11.5 Å². The van der Waals surface area contributed by atoms with Crippen LogP contribution in [0, 0.1) is 0 Å². The number of aromatic nitrogens is 3. The minimum absolute atomic E-state index is 0.196. The van der Waals surface area contributed by atoms with Gasteiger partial charge in [0, 0.05) is 0 Å². The highest BCUT2D eigenvalue weighted by molar-refractivity contribution is 7.92. The third kappa shape index (κ3) is 6.66. The smallest absolute Gasteiger partial charge is 0.319 e. The van der Waals surface area contributed by atoms with Gasteiger partial charge in [-0.2, -0.15) is 0 Å². The molecule has 3 heterocycles. The van der Waals surface area contributed by atoms with E-state index in [0.717, 1.165) is 59.6 Å². The van der Waals surface area contributed by atoms with Crippen LogP contribution in [-0.4, -0.2) is 60.9 Å². The third-order valence-electron chi connectivity index (χ3n) is 9.58. The van der Waals surface area contributed by atoms with Crippen LogP contribution in [0.15, 0.2) is 54.7 Å². The molecule has 1 aliphatic carbocycles. The molecule has 1 aliphatic heterocycles. The average Bonchev–Trinajstić information content (AvgIpc) is 3.59. The standard InChI is InChI=1S/C35H45N7O5S/c1-34(2,3)22-19-27(31(46-6)28(20-22)40-48(7,44)45)37-33(43)36-26-14-15-29(25-12-9-8-11-24(25)26)47-23-13-16-30-38-39-32(42(30)21-23)35(4)17-10-18-41(35)5/h8-9,11-13,16,19-21,26,29,40H,10,14-15,17-18H2,1-7H3,(H2,36,37,43)/t26-,29-,35?/m0/s1. The maximum atomic E-state index is 13.5. The molecule has 0 spiro atoms. The lowest BCUT2D eigenvalue weighted by atomic mass is 9.85. The van der Waals surface area contributed by atoms with Crippen molar-refractivity contribution >= 4 is 33.1 Å². The Morgan fingerprint density at radius 1 is 1.04 bits per heavy atom. The number of nitrogens with one attached hydrogen (secondary N) is 3. The Kier molecular flexibility index (Phi) is 8.79. The van der Waals surface area contributed by atoms with Crippen molar-refractivity contribution in [3.05, 3.63) is 77.2 Å². The van der Waals surface area contributed by atoms with Gasteiger partial charge in [0.1, 0.15) is 11.9 Å². The van der Waals surface area contributed by atoms with Crippen molar-refractivity contribution in [2.24, 2.45) is 0 Å². The molecule has 0 saturated carbocycles. The number of methoxy groups -OCH3 is 1. The van der Waals surface area contributed by atoms with Crippen LogP contribution in [0.4, 0.5) is 16.2 Å². The lowest BCUT2D eigenvalue weighted by Gasteiger charge is -2.32. The number of carbonyl (C=O) groups is 1. The minimum Gasteiger partial charge on any atom is -0.492 e. The highest BCUT2D eigenvalue weighted by atomic mass is 32.2. The highest BCUT2D eigenvalue weighted by Crippen LogP contribution is 2.42. The van der Waals surface area contributed by atoms with E-state index in [0.29, 0.717) is 18.5 Å². The summed E-state index contributed by atoms with van der Waals surface area (Å²) in [7, 11) is -0.0300. The topological polar surface area (TPSA) is 139 Å². The molecular weight excluding hydrogens is 630 g/mol. The molecule has 12 nitrogen and oxygen atoms in total. The van der Waals surface area contributed by atoms with Crippen molar-refractivity contribution in [2.45, 2.75) is 76.5 Å². The Morgan fingerprint density at radius 3 is 2.44 bits per heavy atom. The van der Waals surface area contributed by atoms with Crippen LogP contribution in [0.3, 0.4) is 0 Å². The Labute approximate surface area is 282 Å². The van der Waals surface area contributed by atoms with Crippen molar-refractivity contribution in [3.63, 3.8) is 0 Å². The summed E-state index contributed by atoms with van der Waals surface area (Å²) in [5.74, 6) is 1.86. The number of anilines is 2. The molecule has 4 aromatic rings. The molecule has 3 N–H and O–H groups in total. The zero-order chi connectivity index (χ0) is 34.4. The summed E-state index contributed by atoms with van der Waals surface area (Å²) >= 11 is 0. The van der Waals surface area contributed by atoms with E-state index in [-0.39, 0.29) is 34.5 Å². The number of rotatable bonds is 8. The van der Waals surface area contributed by atoms with E-state index in [1.807, 2.05) is 73.8 Å². The SMILES string of the molecule is COc1c(NC(=O)N[C@H]2CC[C@H](Oc3ccc4nnc(C5(C)CCCN5C)n4c3)c3ccccc32)cc(C(C)(C)C)cc1NS(C)(=O)=O. The first kappa shape index (κ1) is 33.5. The fourth-order valence-electron chi connectivity index (χ4n) is 6.84. The third-order valence-corrected chi connectivity index (χ3v) is 10.2. The van der Waals surface area contributed by atoms with Gasteiger partial charge < -0.3 is 20.1 Å². The maximum Gasteiger partial charge on any atom is 0.319 e. The maximum absolute atomic E-state index is 13.5. The molecule has 1 fully saturated rings. The number of hydrogen-bond acceptors (Lipinski definition) is 8. The first-order valence-electron chi connectivity index (χ1n) is 16.3. The van der Waals surface area contributed by atoms with Crippen molar-refractivity contribution in [1.29, 1.82) is 0 Å². The van der Waals surface area contributed by atoms with Gasteiger partial charge >= 0.3 is 6.03 Å². The van der Waals surface area contributed by atoms with Crippen LogP contribution in [0.1, 0.15) is 88.0 Å². The Morgan fingerprint density at radius 2 is 1.77 bits per heavy atom. The summed E-state index contributed by atoms with van der Waals surface area (Å²) in [4.78, 5) is 15.8. The fraction of sp³-hybridized carbons (Fsp3) is 0.457. The molecule has 13 heteroatoms. The number of pyridine rings is 1. The van der Waals surface area contributed by atoms with Gasteiger partial charge in [-0.1, -0.05) is 45.0 Å². The minimum atomic E-state index is -3.60. The first-order chi connectivity index (χ1) is 22.7. The van der Waals surface area contributed by atoms with Gasteiger partial charge in [-0.3, -0.25) is 14.0 Å². The Hall–Kier alpha value is -4.36. The van der Waals surface area contributed by atoms with Gasteiger partial charge in [-0.15, -0.1) is 10.2 Å². The number of ether oxygens (including phenoxy) is 2. The highest BCUT2D eigenvalue weighted by Gasteiger charge is 2.40. The zero-order valence-corrected chi connectivity index (χ0v) is 29.4. The predicted octanol–water partition coefficient (Wildman–Crippen LogP) is 6.12. The monoisotopic (exact) mass is 675 g/mol. The molecule has 3 atom stereocenters. The van der Waals surface area contributed by atoms with Crippen LogP contribution in [-0.2, 0) is 21.0 Å². The van der Waals surface area contributed by atoms with E-state index in [9.17, 15) is 13.2 Å². The average molecular weight is 676 g/mol. The molecular formula is C35H45N7O5S. The Bertz CT molecular complexity index is 1950. The molecule has 2 aromatic carbocycles. The molecule has 1 saturated heterocycles. The van der Waals surface area contributed by atoms with Crippen molar-refractivity contribution in [1.82, 2.24) is 24.8 Å². The van der Waals surface area contributed by atoms with E-state index in [1.165, 1.54) is 7.11 Å². The molecule has 1 unspecified atom stereocenters. The quantitative estimate of drug-likeness (QED) is 0.203. The summed E-state index contributed by atoms with van der Waals surface area (Å²) in [6.45, 7) is 9.27. The van der Waals surface area contributed by atoms with Gasteiger partial charge in [-0.25, -0.2) is 13.2 Å². The van der Waals surface area contributed by atoms with Gasteiger partial charge in [0.25, 0.3) is 0 Å². The Balaban J connectivity index is 1.22. The van der Waals surface area contributed by atoms with Crippen LogP contribution in [0.5, 0.6) is 11.5 Å². The second-order valence-electron chi connectivity index (χ2n) is 14.1. The molecule has 2 aromatic heterocycles. The van der Waals surface area contributed by atoms with Crippen molar-refractivity contribution < 1.29 is 22.7 Å². The first-order valence-corrected chi connectivity index (χ1v) is 18.2. The number of benzene rings is 2. The van der Waals surface area contributed by atoms with Gasteiger partial charge in [0.15, 0.2) is 17.2 Å². The molecule has 2 amide bonds. The molecule has 2 aliphatic rings. The van der Waals surface area contributed by atoms with Crippen LogP contribution in [0.25, 0.3) is 5.65 Å². The van der Waals surface area contributed by atoms with Gasteiger partial charge in [-0.05, 0) is 92.6 Å². The van der Waals surface area contributed by atoms with Crippen LogP contribution < -0.4 is 24.8 Å². The fourth-order valence-corrected chi connectivity index (χ4v) is 7.39. The number of amides is 2. The number of urea groups is 1. The summed E-state index contributed by atoms with van der Waals surface area (Å²) < 4.78 is 41.0. The van der Waals surface area contributed by atoms with E-state index in [1.54, 1.807) is 6.07 Å². The molecule has 0 bridgehead atoms. The lowest BCUT2D eigenvalue weighted by Crippen LogP contribution is -2.37. The second-order valence-corrected chi connectivity index (χ2v) is 15.9. The largest absolute Gasteiger partial charge is 0.492 e. The number of carbonyl (C=O) groups excluding carboxylic acids is 1. The van der Waals surface area contributed by atoms with Crippen molar-refractivity contribution in [2.75, 3.05) is 37.0 Å². The number of sulfonamides is 1. The summed E-state index contributed by atoms with van der Waals surface area (Å²) in [6.07, 6.45) is 6.31. The number of fused-ring (bicyclic) bond motifs is 2. The summed E-state index contributed by atoms with van der Waals surface area (Å²) in [5.41, 5.74) is 3.69. The predicted molar refractivity (Wildman–Crippen MR) is 186 cm³/mol. The van der Waals surface area contributed by atoms with E-state index in [2.05, 4.69) is 44.4 Å². The van der Waals surface area contributed by atoms with Crippen LogP contribution >= 0.6 is 0 Å². The zero-order valence-electron chi connectivity index (χ0n) is 28.6. The second kappa shape index (κ2) is 12.6. The van der Waals surface area contributed by atoms with E-state index in [4.69, 9.17) is 9.47 Å². The molecule has 48 heavy (non-hydrogen) atoms. The molecule has 6 rings (SSSR count). The van der Waals surface area contributed by atoms with Crippen LogP contribution in [0.2, 0.25) is 0 Å². The lowest BCUT2D eigenvalue weighted by molar-refractivity contribution is 0.170. The van der Waals surface area contributed by atoms with E-state index >= 15 is 0 Å². The van der Waals surface area contributed by atoms with E-state index < -0.39 is 16.1 Å². The molecule has 0 radical (unpaired) electrons. The normalized spacial score (nSPS) is 21.5. The summed E-state index contributed by atoms with van der Waals surface area (Å²) in [5, 5.41) is 15.0. The number of nitrogens with zero attached hydrogens (tertiary/aromatic N) is 4. The number of hydrogen-bond donors (Lipinski definition) is 3. The summed E-state index contributed by atoms with van der Waals surface area (Å²) in [6, 6.07) is 14.7. The van der Waals surface area contributed by atoms with Gasteiger partial charge in [0.05, 0.1) is 42.5 Å².